The Morgan fingerprint density at radius 2 is 1.54 bits per heavy atom. The van der Waals surface area contributed by atoms with Crippen molar-refractivity contribution in [3.05, 3.63) is 52.6 Å². The second-order valence-electron chi connectivity index (χ2n) is 5.90. The van der Waals surface area contributed by atoms with Crippen LogP contribution in [0.25, 0.3) is 0 Å². The number of carbonyl (C=O) groups excluding carboxylic acids is 1. The molecule has 2 rings (SSSR count). The van der Waals surface area contributed by atoms with Gasteiger partial charge in [-0.3, -0.25) is 4.79 Å². The summed E-state index contributed by atoms with van der Waals surface area (Å²) < 4.78 is 67.0. The first-order valence-corrected chi connectivity index (χ1v) is 8.15. The number of nitrogens with one attached hydrogen (secondary N) is 1. The maximum absolute atomic E-state index is 14.1. The van der Waals surface area contributed by atoms with Crippen LogP contribution in [0.2, 0.25) is 0 Å². The van der Waals surface area contributed by atoms with Crippen LogP contribution < -0.4 is 19.5 Å². The molecule has 0 radical (unpaired) electrons. The largest absolute Gasteiger partial charge is 0.493 e. The van der Waals surface area contributed by atoms with E-state index in [9.17, 15) is 22.4 Å². The van der Waals surface area contributed by atoms with Crippen LogP contribution in [0.3, 0.4) is 0 Å². The molecular weight excluding hydrogens is 382 g/mol. The fourth-order valence-electron chi connectivity index (χ4n) is 2.75. The van der Waals surface area contributed by atoms with Crippen molar-refractivity contribution in [1.29, 1.82) is 0 Å². The van der Waals surface area contributed by atoms with E-state index >= 15 is 0 Å². The van der Waals surface area contributed by atoms with Crippen LogP contribution in [-0.2, 0) is 0 Å². The molecule has 2 aromatic carbocycles. The first-order chi connectivity index (χ1) is 13.2. The molecule has 0 heterocycles. The van der Waals surface area contributed by atoms with Gasteiger partial charge in [-0.25, -0.2) is 8.78 Å². The summed E-state index contributed by atoms with van der Waals surface area (Å²) in [5.41, 5.74) is 0.503. The fraction of sp³-hybridized carbons (Fsp3) is 0.316. The van der Waals surface area contributed by atoms with Gasteiger partial charge in [-0.15, -0.1) is 0 Å². The Morgan fingerprint density at radius 1 is 1.00 bits per heavy atom. The molecule has 0 aliphatic heterocycles. The Kier molecular flexibility index (Phi) is 6.71. The molecule has 5 nitrogen and oxygen atoms in total. The SMILES string of the molecule is COc1cc(C)c(C(C)NC(=O)c2c(F)cc(OC(F)F)cc2F)cc1OC. The summed E-state index contributed by atoms with van der Waals surface area (Å²) in [4.78, 5) is 12.4. The van der Waals surface area contributed by atoms with Gasteiger partial charge in [0, 0.05) is 12.1 Å². The van der Waals surface area contributed by atoms with Gasteiger partial charge >= 0.3 is 6.61 Å². The zero-order chi connectivity index (χ0) is 21.0. The van der Waals surface area contributed by atoms with Crippen molar-refractivity contribution in [1.82, 2.24) is 5.32 Å². The predicted molar refractivity (Wildman–Crippen MR) is 93.2 cm³/mol. The first-order valence-electron chi connectivity index (χ1n) is 8.15. The number of ether oxygens (including phenoxy) is 3. The Labute approximate surface area is 159 Å². The van der Waals surface area contributed by atoms with Crippen LogP contribution in [0.4, 0.5) is 17.6 Å². The molecule has 0 saturated heterocycles. The Balaban J connectivity index is 2.28. The second kappa shape index (κ2) is 8.81. The van der Waals surface area contributed by atoms with Gasteiger partial charge in [0.2, 0.25) is 0 Å². The third kappa shape index (κ3) is 4.65. The third-order valence-electron chi connectivity index (χ3n) is 4.05. The molecule has 0 saturated carbocycles. The molecule has 9 heteroatoms. The third-order valence-corrected chi connectivity index (χ3v) is 4.05. The van der Waals surface area contributed by atoms with Crippen LogP contribution in [0.15, 0.2) is 24.3 Å². The molecule has 0 aliphatic carbocycles. The number of benzene rings is 2. The van der Waals surface area contributed by atoms with E-state index in [2.05, 4.69) is 10.1 Å². The van der Waals surface area contributed by atoms with Gasteiger partial charge in [-0.2, -0.15) is 8.78 Å². The molecule has 0 spiro atoms. The quantitative estimate of drug-likeness (QED) is 0.700. The van der Waals surface area contributed by atoms with E-state index in [0.29, 0.717) is 29.2 Å². The predicted octanol–water partition coefficient (Wildman–Crippen LogP) is 4.38. The number of methoxy groups -OCH3 is 2. The molecule has 2 aromatic rings. The number of amides is 1. The highest BCUT2D eigenvalue weighted by atomic mass is 19.3. The van der Waals surface area contributed by atoms with Crippen LogP contribution in [0.5, 0.6) is 17.2 Å². The minimum absolute atomic E-state index is 0.426. The highest BCUT2D eigenvalue weighted by Crippen LogP contribution is 2.33. The van der Waals surface area contributed by atoms with Crippen LogP contribution >= 0.6 is 0 Å². The van der Waals surface area contributed by atoms with Crippen LogP contribution in [-0.4, -0.2) is 26.7 Å². The lowest BCUT2D eigenvalue weighted by Crippen LogP contribution is -2.29. The van der Waals surface area contributed by atoms with Crippen molar-refractivity contribution in [2.24, 2.45) is 0 Å². The second-order valence-corrected chi connectivity index (χ2v) is 5.90. The Hall–Kier alpha value is -2.97. The lowest BCUT2D eigenvalue weighted by atomic mass is 10.0. The van der Waals surface area contributed by atoms with Crippen molar-refractivity contribution in [2.45, 2.75) is 26.5 Å². The van der Waals surface area contributed by atoms with Gasteiger partial charge < -0.3 is 19.5 Å². The topological polar surface area (TPSA) is 56.8 Å². The number of alkyl halides is 2. The zero-order valence-corrected chi connectivity index (χ0v) is 15.6. The summed E-state index contributed by atoms with van der Waals surface area (Å²) in [5.74, 6) is -3.47. The van der Waals surface area contributed by atoms with E-state index in [1.807, 2.05) is 0 Å². The van der Waals surface area contributed by atoms with Gasteiger partial charge in [-0.05, 0) is 37.1 Å². The van der Waals surface area contributed by atoms with Crippen molar-refractivity contribution in [3.63, 3.8) is 0 Å². The highest BCUT2D eigenvalue weighted by molar-refractivity contribution is 5.95. The number of aryl methyl sites for hydroxylation is 1. The number of hydrogen-bond donors (Lipinski definition) is 1. The van der Waals surface area contributed by atoms with Gasteiger partial charge in [0.05, 0.1) is 20.3 Å². The van der Waals surface area contributed by atoms with E-state index in [-0.39, 0.29) is 0 Å². The van der Waals surface area contributed by atoms with Gasteiger partial charge in [-0.1, -0.05) is 0 Å². The maximum atomic E-state index is 14.1. The summed E-state index contributed by atoms with van der Waals surface area (Å²) in [6, 6.07) is 3.76. The average molecular weight is 401 g/mol. The number of hydrogen-bond acceptors (Lipinski definition) is 4. The lowest BCUT2D eigenvalue weighted by molar-refractivity contribution is -0.0501. The smallest absolute Gasteiger partial charge is 0.387 e. The molecule has 0 fully saturated rings. The van der Waals surface area contributed by atoms with Gasteiger partial charge in [0.15, 0.2) is 11.5 Å². The van der Waals surface area contributed by atoms with E-state index in [1.165, 1.54) is 14.2 Å². The summed E-state index contributed by atoms with van der Waals surface area (Å²) >= 11 is 0. The molecule has 0 aromatic heterocycles. The Morgan fingerprint density at radius 3 is 2.04 bits per heavy atom. The molecule has 1 atom stereocenters. The minimum Gasteiger partial charge on any atom is -0.493 e. The van der Waals surface area contributed by atoms with Gasteiger partial charge in [0.25, 0.3) is 5.91 Å². The summed E-state index contributed by atoms with van der Waals surface area (Å²) in [6.45, 7) is 0.153. The van der Waals surface area contributed by atoms with E-state index < -0.39 is 41.5 Å². The normalized spacial score (nSPS) is 11.9. The molecule has 1 amide bonds. The van der Waals surface area contributed by atoms with E-state index in [0.717, 1.165) is 5.56 Å². The number of halogens is 4. The molecule has 152 valence electrons. The van der Waals surface area contributed by atoms with Gasteiger partial charge in [0.1, 0.15) is 22.9 Å². The molecule has 1 unspecified atom stereocenters. The lowest BCUT2D eigenvalue weighted by Gasteiger charge is -2.19. The van der Waals surface area contributed by atoms with Crippen molar-refractivity contribution in [2.75, 3.05) is 14.2 Å². The summed E-state index contributed by atoms with van der Waals surface area (Å²) in [7, 11) is 2.93. The van der Waals surface area contributed by atoms with Crippen LogP contribution in [0, 0.1) is 18.6 Å². The van der Waals surface area contributed by atoms with Crippen molar-refractivity contribution >= 4 is 5.91 Å². The number of carbonyl (C=O) groups is 1. The fourth-order valence-corrected chi connectivity index (χ4v) is 2.75. The number of rotatable bonds is 7. The van der Waals surface area contributed by atoms with Crippen molar-refractivity contribution < 1.29 is 36.6 Å². The molecule has 28 heavy (non-hydrogen) atoms. The first kappa shape index (κ1) is 21.3. The molecule has 0 aliphatic rings. The summed E-state index contributed by atoms with van der Waals surface area (Å²) in [6.07, 6.45) is 0. The minimum atomic E-state index is -3.24. The Bertz CT molecular complexity index is 850. The average Bonchev–Trinajstić information content (AvgIpc) is 2.59. The summed E-state index contributed by atoms with van der Waals surface area (Å²) in [5, 5.41) is 2.48. The zero-order valence-electron chi connectivity index (χ0n) is 15.6. The highest BCUT2D eigenvalue weighted by Gasteiger charge is 2.23. The van der Waals surface area contributed by atoms with Crippen molar-refractivity contribution in [3.8, 4) is 17.2 Å². The van der Waals surface area contributed by atoms with E-state index in [4.69, 9.17) is 9.47 Å². The van der Waals surface area contributed by atoms with E-state index in [1.54, 1.807) is 26.0 Å². The van der Waals surface area contributed by atoms with Crippen LogP contribution in [0.1, 0.15) is 34.5 Å². The standard InChI is InChI=1S/C19H19F4NO4/c1-9-5-15(26-3)16(27-4)8-12(9)10(2)24-18(25)17-13(20)6-11(7-14(17)21)28-19(22)23/h5-8,10,19H,1-4H3,(H,24,25). The molecule has 1 N–H and O–H groups in total. The maximum Gasteiger partial charge on any atom is 0.387 e. The molecule has 0 bridgehead atoms. The monoisotopic (exact) mass is 401 g/mol. The molecular formula is C19H19F4NO4.